The van der Waals surface area contributed by atoms with Gasteiger partial charge in [0.15, 0.2) is 0 Å². The number of hydrogen-bond donors (Lipinski definition) is 2. The third kappa shape index (κ3) is 15.1. The molecule has 1 aromatic rings. The fourth-order valence-electron chi connectivity index (χ4n) is 2.15. The Hall–Kier alpha value is -2.73. The molecule has 0 aliphatic carbocycles. The van der Waals surface area contributed by atoms with E-state index in [2.05, 4.69) is 0 Å². The van der Waals surface area contributed by atoms with Gasteiger partial charge in [-0.05, 0) is 24.3 Å². The van der Waals surface area contributed by atoms with E-state index in [-0.39, 0.29) is 26.1 Å². The number of benzene rings is 1. The van der Waals surface area contributed by atoms with Crippen LogP contribution in [-0.2, 0) is 38.1 Å². The van der Waals surface area contributed by atoms with Crippen molar-refractivity contribution in [3.8, 4) is 5.75 Å². The molecule has 1 aromatic carbocycles. The first-order valence-electron chi connectivity index (χ1n) is 10.2. The summed E-state index contributed by atoms with van der Waals surface area (Å²) in [6, 6.07) is 7.15. The molecular formula is C21H31NO10. The first-order valence-corrected chi connectivity index (χ1v) is 10.2. The molecule has 11 heteroatoms. The number of carboxylic acids is 1. The summed E-state index contributed by atoms with van der Waals surface area (Å²) >= 11 is 0. The van der Waals surface area contributed by atoms with Gasteiger partial charge in [-0.2, -0.15) is 0 Å². The molecular weight excluding hydrogens is 426 g/mol. The maximum atomic E-state index is 11.3. The van der Waals surface area contributed by atoms with Gasteiger partial charge in [0.25, 0.3) is 0 Å². The van der Waals surface area contributed by atoms with E-state index in [0.717, 1.165) is 5.75 Å². The predicted molar refractivity (Wildman–Crippen MR) is 112 cm³/mol. The topological polar surface area (TPSA) is 153 Å². The normalized spacial score (nSPS) is 10.6. The van der Waals surface area contributed by atoms with Crippen LogP contribution in [0, 0.1) is 0 Å². The maximum absolute atomic E-state index is 11.3. The number of ether oxygens (including phenoxy) is 6. The zero-order valence-electron chi connectivity index (χ0n) is 18.0. The molecule has 1 rings (SSSR count). The van der Waals surface area contributed by atoms with Crippen molar-refractivity contribution >= 4 is 23.4 Å². The first kappa shape index (κ1) is 27.3. The Morgan fingerprint density at radius 2 is 1.16 bits per heavy atom. The zero-order valence-corrected chi connectivity index (χ0v) is 18.0. The Kier molecular flexibility index (Phi) is 15.3. The zero-order chi connectivity index (χ0) is 23.4. The van der Waals surface area contributed by atoms with Crippen molar-refractivity contribution < 1.29 is 47.9 Å². The molecule has 0 saturated carbocycles. The molecule has 0 aliphatic heterocycles. The minimum absolute atomic E-state index is 0.0220. The summed E-state index contributed by atoms with van der Waals surface area (Å²) in [4.78, 5) is 32.5. The van der Waals surface area contributed by atoms with Gasteiger partial charge in [-0.15, -0.1) is 0 Å². The van der Waals surface area contributed by atoms with Crippen LogP contribution in [0.15, 0.2) is 24.3 Å². The van der Waals surface area contributed by atoms with Crippen molar-refractivity contribution in [2.75, 3.05) is 71.8 Å². The summed E-state index contributed by atoms with van der Waals surface area (Å²) in [6.07, 6.45) is -0.646. The number of rotatable bonds is 20. The summed E-state index contributed by atoms with van der Waals surface area (Å²) in [7, 11) is 0. The van der Waals surface area contributed by atoms with Gasteiger partial charge in [-0.3, -0.25) is 9.59 Å². The monoisotopic (exact) mass is 457 g/mol. The number of Topliss-reactive ketones (excluding diaryl/α,β-unsaturated/α-hetero) is 1. The van der Waals surface area contributed by atoms with E-state index < -0.39 is 17.7 Å². The number of carbonyl (C=O) groups excluding carboxylic acids is 2. The SMILES string of the molecule is Nc1ccc(OCCOCCOCCOCCOCCOC(=O)CCC(=O)C(=O)O)cc1. The number of carboxylic acid groups (broad SMARTS) is 1. The molecule has 0 fully saturated rings. The van der Waals surface area contributed by atoms with Gasteiger partial charge in [-0.25, -0.2) is 4.79 Å². The van der Waals surface area contributed by atoms with Crippen molar-refractivity contribution in [1.29, 1.82) is 0 Å². The Balaban J connectivity index is 1.77. The van der Waals surface area contributed by atoms with Crippen LogP contribution in [0.3, 0.4) is 0 Å². The molecule has 0 radical (unpaired) electrons. The van der Waals surface area contributed by atoms with Gasteiger partial charge in [0.2, 0.25) is 5.78 Å². The summed E-state index contributed by atoms with van der Waals surface area (Å²) < 4.78 is 31.6. The van der Waals surface area contributed by atoms with Gasteiger partial charge in [0.1, 0.15) is 19.0 Å². The average molecular weight is 457 g/mol. The maximum Gasteiger partial charge on any atom is 0.372 e. The summed E-state index contributed by atoms with van der Waals surface area (Å²) in [5, 5.41) is 8.40. The third-order valence-corrected chi connectivity index (χ3v) is 3.78. The summed E-state index contributed by atoms with van der Waals surface area (Å²) in [6.45, 7) is 3.53. The largest absolute Gasteiger partial charge is 0.491 e. The number of nitrogen functional groups attached to an aromatic ring is 1. The van der Waals surface area contributed by atoms with Gasteiger partial charge < -0.3 is 39.3 Å². The Morgan fingerprint density at radius 1 is 0.688 bits per heavy atom. The number of ketones is 1. The highest BCUT2D eigenvalue weighted by Gasteiger charge is 2.14. The molecule has 11 nitrogen and oxygen atoms in total. The number of carbonyl (C=O) groups is 3. The highest BCUT2D eigenvalue weighted by Crippen LogP contribution is 2.12. The molecule has 3 N–H and O–H groups in total. The second-order valence-corrected chi connectivity index (χ2v) is 6.32. The van der Waals surface area contributed by atoms with Gasteiger partial charge in [0.05, 0.1) is 59.3 Å². The van der Waals surface area contributed by atoms with Crippen LogP contribution in [-0.4, -0.2) is 88.9 Å². The lowest BCUT2D eigenvalue weighted by Crippen LogP contribution is -2.17. The molecule has 0 aromatic heterocycles. The van der Waals surface area contributed by atoms with Crippen LogP contribution in [0.25, 0.3) is 0 Å². The van der Waals surface area contributed by atoms with Crippen LogP contribution in [0.2, 0.25) is 0 Å². The highest BCUT2D eigenvalue weighted by atomic mass is 16.6. The Bertz CT molecular complexity index is 665. The van der Waals surface area contributed by atoms with Gasteiger partial charge in [0, 0.05) is 12.1 Å². The van der Waals surface area contributed by atoms with E-state index in [0.29, 0.717) is 58.5 Å². The quantitative estimate of drug-likeness (QED) is 0.123. The number of esters is 1. The predicted octanol–water partition coefficient (Wildman–Crippen LogP) is 0.691. The lowest BCUT2D eigenvalue weighted by atomic mass is 10.2. The third-order valence-electron chi connectivity index (χ3n) is 3.78. The molecule has 0 amide bonds. The molecule has 0 bridgehead atoms. The second kappa shape index (κ2) is 17.9. The Morgan fingerprint density at radius 3 is 1.66 bits per heavy atom. The fourth-order valence-corrected chi connectivity index (χ4v) is 2.15. The van der Waals surface area contributed by atoms with E-state index in [9.17, 15) is 14.4 Å². The van der Waals surface area contributed by atoms with Crippen LogP contribution >= 0.6 is 0 Å². The van der Waals surface area contributed by atoms with E-state index >= 15 is 0 Å². The number of nitrogens with two attached hydrogens (primary N) is 1. The minimum atomic E-state index is -1.56. The summed E-state index contributed by atoms with van der Waals surface area (Å²) in [5.74, 6) is -2.48. The number of aliphatic carboxylic acids is 1. The van der Waals surface area contributed by atoms with E-state index in [1.165, 1.54) is 0 Å². The molecule has 32 heavy (non-hydrogen) atoms. The molecule has 0 saturated heterocycles. The minimum Gasteiger partial charge on any atom is -0.491 e. The van der Waals surface area contributed by atoms with E-state index in [1.54, 1.807) is 24.3 Å². The van der Waals surface area contributed by atoms with E-state index in [1.807, 2.05) is 0 Å². The smallest absolute Gasteiger partial charge is 0.372 e. The van der Waals surface area contributed by atoms with E-state index in [4.69, 9.17) is 39.3 Å². The molecule has 0 aliphatic rings. The summed E-state index contributed by atoms with van der Waals surface area (Å²) in [5.41, 5.74) is 6.29. The fraction of sp³-hybridized carbons (Fsp3) is 0.571. The lowest BCUT2D eigenvalue weighted by Gasteiger charge is -2.09. The molecule has 0 spiro atoms. The highest BCUT2D eigenvalue weighted by molar-refractivity contribution is 6.32. The molecule has 0 heterocycles. The number of hydrogen-bond acceptors (Lipinski definition) is 10. The molecule has 180 valence electrons. The standard InChI is InChI=1S/C21H31NO10/c22-17-1-3-18(4-2-17)31-15-13-29-11-9-27-7-8-28-10-12-30-14-16-32-20(24)6-5-19(23)21(25)26/h1-4H,5-16,22H2,(H,25,26). The number of anilines is 1. The van der Waals surface area contributed by atoms with Crippen molar-refractivity contribution in [3.63, 3.8) is 0 Å². The average Bonchev–Trinajstić information content (AvgIpc) is 2.78. The van der Waals surface area contributed by atoms with Crippen LogP contribution < -0.4 is 10.5 Å². The van der Waals surface area contributed by atoms with Crippen LogP contribution in [0.5, 0.6) is 5.75 Å². The van der Waals surface area contributed by atoms with Crippen molar-refractivity contribution in [1.82, 2.24) is 0 Å². The van der Waals surface area contributed by atoms with Crippen molar-refractivity contribution in [3.05, 3.63) is 24.3 Å². The van der Waals surface area contributed by atoms with Crippen molar-refractivity contribution in [2.45, 2.75) is 12.8 Å². The first-order chi connectivity index (χ1) is 15.5. The second-order valence-electron chi connectivity index (χ2n) is 6.32. The van der Waals surface area contributed by atoms with Crippen LogP contribution in [0.4, 0.5) is 5.69 Å². The molecule has 0 atom stereocenters. The Labute approximate surface area is 186 Å². The van der Waals surface area contributed by atoms with Crippen molar-refractivity contribution in [2.24, 2.45) is 0 Å². The van der Waals surface area contributed by atoms with Gasteiger partial charge in [-0.1, -0.05) is 0 Å². The molecule has 0 unspecified atom stereocenters. The lowest BCUT2D eigenvalue weighted by molar-refractivity contribution is -0.151. The van der Waals surface area contributed by atoms with Crippen LogP contribution in [0.1, 0.15) is 12.8 Å². The van der Waals surface area contributed by atoms with Gasteiger partial charge >= 0.3 is 11.9 Å².